The van der Waals surface area contributed by atoms with Crippen LogP contribution in [0.2, 0.25) is 0 Å². The SMILES string of the molecule is N#CC1(n2cc([CH]c3ccc(F)c(F)c3C(N)=O)nn2)CC1. The van der Waals surface area contributed by atoms with E-state index < -0.39 is 28.6 Å². The van der Waals surface area contributed by atoms with E-state index in [-0.39, 0.29) is 5.56 Å². The third-order valence-electron chi connectivity index (χ3n) is 3.56. The van der Waals surface area contributed by atoms with Crippen molar-refractivity contribution < 1.29 is 13.6 Å². The molecule has 0 spiro atoms. The zero-order valence-electron chi connectivity index (χ0n) is 11.3. The summed E-state index contributed by atoms with van der Waals surface area (Å²) in [5.74, 6) is -3.54. The van der Waals surface area contributed by atoms with Crippen molar-refractivity contribution >= 4 is 5.91 Å². The molecule has 6 nitrogen and oxygen atoms in total. The van der Waals surface area contributed by atoms with Crippen molar-refractivity contribution in [1.29, 1.82) is 5.26 Å². The molecule has 1 fully saturated rings. The number of primary amides is 1. The van der Waals surface area contributed by atoms with E-state index in [0.29, 0.717) is 18.5 Å². The van der Waals surface area contributed by atoms with E-state index in [4.69, 9.17) is 11.0 Å². The summed E-state index contributed by atoms with van der Waals surface area (Å²) in [4.78, 5) is 11.3. The van der Waals surface area contributed by atoms with Gasteiger partial charge in [0.15, 0.2) is 17.2 Å². The second-order valence-electron chi connectivity index (χ2n) is 5.07. The third kappa shape index (κ3) is 2.20. The number of hydrogen-bond donors (Lipinski definition) is 1. The fourth-order valence-corrected chi connectivity index (χ4v) is 2.16. The molecule has 0 saturated heterocycles. The molecular weight excluding hydrogens is 292 g/mol. The molecule has 1 saturated carbocycles. The summed E-state index contributed by atoms with van der Waals surface area (Å²) in [6, 6.07) is 4.28. The van der Waals surface area contributed by atoms with Crippen LogP contribution >= 0.6 is 0 Å². The Morgan fingerprint density at radius 2 is 2.18 bits per heavy atom. The van der Waals surface area contributed by atoms with Crippen LogP contribution in [0.25, 0.3) is 0 Å². The van der Waals surface area contributed by atoms with Gasteiger partial charge < -0.3 is 5.73 Å². The van der Waals surface area contributed by atoms with Gasteiger partial charge in [-0.1, -0.05) is 11.3 Å². The first-order chi connectivity index (χ1) is 10.5. The number of carbonyl (C=O) groups is 1. The first kappa shape index (κ1) is 14.1. The molecule has 1 heterocycles. The van der Waals surface area contributed by atoms with Crippen molar-refractivity contribution in [3.05, 3.63) is 53.2 Å². The lowest BCUT2D eigenvalue weighted by molar-refractivity contribution is 0.0995. The van der Waals surface area contributed by atoms with Crippen molar-refractivity contribution in [3.63, 3.8) is 0 Å². The number of hydrogen-bond acceptors (Lipinski definition) is 4. The van der Waals surface area contributed by atoms with E-state index >= 15 is 0 Å². The van der Waals surface area contributed by atoms with Crippen LogP contribution in [0.15, 0.2) is 18.3 Å². The predicted octanol–water partition coefficient (Wildman–Crippen LogP) is 1.27. The molecule has 1 aromatic carbocycles. The largest absolute Gasteiger partial charge is 0.365 e. The molecule has 2 aromatic rings. The number of nitrogens with zero attached hydrogens (tertiary/aromatic N) is 4. The molecule has 0 aliphatic heterocycles. The van der Waals surface area contributed by atoms with Gasteiger partial charge in [-0.3, -0.25) is 4.79 Å². The van der Waals surface area contributed by atoms with Crippen LogP contribution in [0.4, 0.5) is 8.78 Å². The summed E-state index contributed by atoms with van der Waals surface area (Å²) < 4.78 is 28.3. The standard InChI is InChI=1S/C14H10F2N5O/c15-10-2-1-8(11(12(10)16)13(18)22)5-9-6-21(20-19-9)14(7-17)3-4-14/h1-2,5-6H,3-4H2,(H2,18,22). The zero-order chi connectivity index (χ0) is 15.9. The lowest BCUT2D eigenvalue weighted by atomic mass is 10.0. The normalized spacial score (nSPS) is 15.3. The van der Waals surface area contributed by atoms with E-state index in [9.17, 15) is 13.6 Å². The average Bonchev–Trinajstić information content (AvgIpc) is 3.15. The molecule has 22 heavy (non-hydrogen) atoms. The van der Waals surface area contributed by atoms with Crippen LogP contribution in [-0.4, -0.2) is 20.9 Å². The monoisotopic (exact) mass is 302 g/mol. The Morgan fingerprint density at radius 1 is 1.45 bits per heavy atom. The second-order valence-corrected chi connectivity index (χ2v) is 5.07. The molecule has 8 heteroatoms. The second kappa shape index (κ2) is 4.87. The van der Waals surface area contributed by atoms with Crippen molar-refractivity contribution in [2.24, 2.45) is 5.73 Å². The number of nitrogens with two attached hydrogens (primary N) is 1. The maximum absolute atomic E-state index is 13.7. The van der Waals surface area contributed by atoms with E-state index in [2.05, 4.69) is 16.4 Å². The van der Waals surface area contributed by atoms with Crippen LogP contribution in [0.1, 0.15) is 34.5 Å². The van der Waals surface area contributed by atoms with E-state index in [1.807, 2.05) is 0 Å². The molecule has 1 radical (unpaired) electrons. The molecule has 1 amide bonds. The molecule has 0 bridgehead atoms. The summed E-state index contributed by atoms with van der Waals surface area (Å²) in [6.07, 6.45) is 4.25. The Kier molecular flexibility index (Phi) is 3.13. The molecule has 0 unspecified atom stereocenters. The van der Waals surface area contributed by atoms with Crippen molar-refractivity contribution in [2.45, 2.75) is 18.4 Å². The first-order valence-electron chi connectivity index (χ1n) is 6.43. The van der Waals surface area contributed by atoms with Gasteiger partial charge in [0.25, 0.3) is 5.91 Å². The lowest BCUT2D eigenvalue weighted by Crippen LogP contribution is -2.17. The lowest BCUT2D eigenvalue weighted by Gasteiger charge is -2.06. The maximum atomic E-state index is 13.7. The molecule has 0 atom stereocenters. The Bertz CT molecular complexity index is 804. The highest BCUT2D eigenvalue weighted by Crippen LogP contribution is 2.42. The van der Waals surface area contributed by atoms with Gasteiger partial charge in [0.1, 0.15) is 0 Å². The van der Waals surface area contributed by atoms with E-state index in [1.165, 1.54) is 23.4 Å². The summed E-state index contributed by atoms with van der Waals surface area (Å²) in [7, 11) is 0. The first-order valence-corrected chi connectivity index (χ1v) is 6.43. The number of amides is 1. The third-order valence-corrected chi connectivity index (χ3v) is 3.56. The minimum atomic E-state index is -1.30. The minimum Gasteiger partial charge on any atom is -0.365 e. The quantitative estimate of drug-likeness (QED) is 0.919. The van der Waals surface area contributed by atoms with Gasteiger partial charge in [-0.15, -0.1) is 5.10 Å². The predicted molar refractivity (Wildman–Crippen MR) is 70.2 cm³/mol. The number of rotatable bonds is 4. The van der Waals surface area contributed by atoms with Crippen LogP contribution < -0.4 is 5.73 Å². The van der Waals surface area contributed by atoms with Crippen LogP contribution in [0, 0.1) is 29.4 Å². The fourth-order valence-electron chi connectivity index (χ4n) is 2.16. The molecule has 1 aliphatic rings. The van der Waals surface area contributed by atoms with Crippen LogP contribution in [0.3, 0.4) is 0 Å². The molecule has 2 N–H and O–H groups in total. The number of aromatic nitrogens is 3. The summed E-state index contributed by atoms with van der Waals surface area (Å²) in [6.45, 7) is 0. The van der Waals surface area contributed by atoms with Crippen LogP contribution in [0.5, 0.6) is 0 Å². The highest BCUT2D eigenvalue weighted by molar-refractivity contribution is 5.95. The molecule has 1 aromatic heterocycles. The smallest absolute Gasteiger partial charge is 0.252 e. The Labute approximate surface area is 124 Å². The Morgan fingerprint density at radius 3 is 2.77 bits per heavy atom. The Balaban J connectivity index is 1.93. The molecule has 111 valence electrons. The van der Waals surface area contributed by atoms with Gasteiger partial charge in [-0.2, -0.15) is 5.26 Å². The van der Waals surface area contributed by atoms with Crippen molar-refractivity contribution in [1.82, 2.24) is 15.0 Å². The maximum Gasteiger partial charge on any atom is 0.252 e. The zero-order valence-corrected chi connectivity index (χ0v) is 11.3. The topological polar surface area (TPSA) is 97.6 Å². The van der Waals surface area contributed by atoms with Gasteiger partial charge in [0.2, 0.25) is 0 Å². The highest BCUT2D eigenvalue weighted by Gasteiger charge is 2.46. The van der Waals surface area contributed by atoms with Gasteiger partial charge >= 0.3 is 0 Å². The number of nitriles is 1. The van der Waals surface area contributed by atoms with Gasteiger partial charge in [0, 0.05) is 6.42 Å². The molecule has 3 rings (SSSR count). The minimum absolute atomic E-state index is 0.0975. The highest BCUT2D eigenvalue weighted by atomic mass is 19.2. The van der Waals surface area contributed by atoms with Gasteiger partial charge in [-0.05, 0) is 24.5 Å². The fraction of sp³-hybridized carbons (Fsp3) is 0.214. The van der Waals surface area contributed by atoms with E-state index in [0.717, 1.165) is 6.07 Å². The average molecular weight is 302 g/mol. The summed E-state index contributed by atoms with van der Waals surface area (Å²) in [5, 5.41) is 16.8. The summed E-state index contributed by atoms with van der Waals surface area (Å²) >= 11 is 0. The number of benzene rings is 1. The number of halogens is 2. The van der Waals surface area contributed by atoms with Crippen molar-refractivity contribution in [2.75, 3.05) is 0 Å². The number of carbonyl (C=O) groups excluding carboxylic acids is 1. The molecular formula is C14H10F2N5O. The van der Waals surface area contributed by atoms with E-state index in [1.54, 1.807) is 0 Å². The van der Waals surface area contributed by atoms with Gasteiger partial charge in [0.05, 0.1) is 23.5 Å². The molecule has 1 aliphatic carbocycles. The summed E-state index contributed by atoms with van der Waals surface area (Å²) in [5.41, 5.74) is 4.29. The Hall–Kier alpha value is -2.82. The van der Waals surface area contributed by atoms with Crippen LogP contribution in [-0.2, 0) is 5.54 Å². The van der Waals surface area contributed by atoms with Crippen molar-refractivity contribution in [3.8, 4) is 6.07 Å². The van der Waals surface area contributed by atoms with Gasteiger partial charge in [-0.25, -0.2) is 13.5 Å².